The largest absolute Gasteiger partial charge is 0.511 e. The monoisotopic (exact) mass is 360 g/mol. The Morgan fingerprint density at radius 2 is 1.91 bits per heavy atom. The number of hydrogen-bond donors (Lipinski definition) is 2. The quantitative estimate of drug-likeness (QED) is 0.406. The summed E-state index contributed by atoms with van der Waals surface area (Å²) in [4.78, 5) is 4.01. The zero-order valence-corrected chi connectivity index (χ0v) is 14.0. The molecule has 1 heterocycles. The van der Waals surface area contributed by atoms with E-state index in [2.05, 4.69) is 15.6 Å². The topological polar surface area (TPSA) is 83.0 Å². The lowest BCUT2D eigenvalue weighted by Crippen LogP contribution is -2.47. The van der Waals surface area contributed by atoms with Crippen LogP contribution in [0.4, 0.5) is 13.2 Å². The summed E-state index contributed by atoms with van der Waals surface area (Å²) in [5, 5.41) is 6.10. The number of nitrogens with zero attached hydrogens (tertiary/aromatic N) is 2. The zero-order valence-electron chi connectivity index (χ0n) is 13.2. The molecule has 1 fully saturated rings. The van der Waals surface area contributed by atoms with E-state index in [1.807, 2.05) is 0 Å². The Balaban J connectivity index is 2.40. The number of ether oxygens (including phenoxy) is 1. The Bertz CT molecular complexity index is 488. The third-order valence-electron chi connectivity index (χ3n) is 3.59. The molecule has 0 aromatic rings. The molecule has 2 N–H and O–H groups in total. The molecule has 0 radical (unpaired) electrons. The smallest absolute Gasteiger partial charge is 0.383 e. The molecule has 11 heteroatoms. The van der Waals surface area contributed by atoms with Gasteiger partial charge in [0.25, 0.3) is 0 Å². The van der Waals surface area contributed by atoms with Gasteiger partial charge in [-0.1, -0.05) is 0 Å². The van der Waals surface area contributed by atoms with Crippen LogP contribution in [0.15, 0.2) is 4.99 Å². The molecule has 0 amide bonds. The second kappa shape index (κ2) is 8.69. The minimum absolute atomic E-state index is 0.0932. The van der Waals surface area contributed by atoms with Gasteiger partial charge in [0.05, 0.1) is 6.61 Å². The van der Waals surface area contributed by atoms with Crippen LogP contribution in [0.25, 0.3) is 0 Å². The van der Waals surface area contributed by atoms with Crippen LogP contribution in [-0.4, -0.2) is 71.1 Å². The molecule has 7 nitrogen and oxygen atoms in total. The highest BCUT2D eigenvalue weighted by atomic mass is 32.2. The maximum absolute atomic E-state index is 12.5. The molecule has 1 rings (SSSR count). The summed E-state index contributed by atoms with van der Waals surface area (Å²) in [6.45, 7) is 1.38. The summed E-state index contributed by atoms with van der Waals surface area (Å²) in [5.41, 5.74) is -5.23. The third-order valence-corrected chi connectivity index (χ3v) is 5.22. The molecule has 1 aliphatic rings. The molecule has 1 aliphatic heterocycles. The van der Waals surface area contributed by atoms with Crippen molar-refractivity contribution in [2.45, 2.75) is 18.3 Å². The second-order valence-corrected chi connectivity index (χ2v) is 7.10. The highest BCUT2D eigenvalue weighted by Gasteiger charge is 2.50. The van der Waals surface area contributed by atoms with E-state index in [1.54, 1.807) is 14.2 Å². The average molecular weight is 360 g/mol. The first-order valence-electron chi connectivity index (χ1n) is 7.22. The van der Waals surface area contributed by atoms with Gasteiger partial charge >= 0.3 is 15.5 Å². The second-order valence-electron chi connectivity index (χ2n) is 5.17. The summed E-state index contributed by atoms with van der Waals surface area (Å²) in [5.74, 6) is 0.669. The van der Waals surface area contributed by atoms with Gasteiger partial charge in [-0.25, -0.2) is 8.42 Å². The number of guanidine groups is 1. The molecule has 0 atom stereocenters. The lowest BCUT2D eigenvalue weighted by atomic mass is 9.98. The van der Waals surface area contributed by atoms with Crippen molar-refractivity contribution in [3.63, 3.8) is 0 Å². The first-order valence-corrected chi connectivity index (χ1v) is 8.66. The summed E-state index contributed by atoms with van der Waals surface area (Å²) in [7, 11) is -2.02. The van der Waals surface area contributed by atoms with Crippen molar-refractivity contribution in [3.05, 3.63) is 0 Å². The highest BCUT2D eigenvalue weighted by Crippen LogP contribution is 2.30. The van der Waals surface area contributed by atoms with E-state index in [1.165, 1.54) is 0 Å². The molecule has 0 aliphatic carbocycles. The van der Waals surface area contributed by atoms with Crippen molar-refractivity contribution in [1.82, 2.24) is 14.9 Å². The van der Waals surface area contributed by atoms with Gasteiger partial charge in [-0.05, 0) is 18.8 Å². The number of halogens is 3. The Hall–Kier alpha value is -1.07. The van der Waals surface area contributed by atoms with Crippen LogP contribution in [-0.2, 0) is 14.8 Å². The normalized spacial score (nSPS) is 18.9. The van der Waals surface area contributed by atoms with Gasteiger partial charge in [-0.15, -0.1) is 0 Å². The number of rotatable bonds is 6. The minimum Gasteiger partial charge on any atom is -0.383 e. The lowest BCUT2D eigenvalue weighted by molar-refractivity contribution is -0.0496. The van der Waals surface area contributed by atoms with E-state index >= 15 is 0 Å². The number of methoxy groups -OCH3 is 1. The van der Waals surface area contributed by atoms with Crippen molar-refractivity contribution in [1.29, 1.82) is 0 Å². The fraction of sp³-hybridized carbons (Fsp3) is 0.917. The minimum atomic E-state index is -5.23. The van der Waals surface area contributed by atoms with Gasteiger partial charge in [0.1, 0.15) is 0 Å². The molecule has 23 heavy (non-hydrogen) atoms. The average Bonchev–Trinajstić information content (AvgIpc) is 2.50. The third kappa shape index (κ3) is 5.81. The van der Waals surface area contributed by atoms with Crippen molar-refractivity contribution in [3.8, 4) is 0 Å². The Labute approximate surface area is 134 Å². The van der Waals surface area contributed by atoms with E-state index in [0.29, 0.717) is 42.8 Å². The molecule has 0 unspecified atom stereocenters. The number of alkyl halides is 3. The number of nitrogens with one attached hydrogen (secondary N) is 2. The van der Waals surface area contributed by atoms with Gasteiger partial charge in [-0.2, -0.15) is 17.5 Å². The Kier molecular flexibility index (Phi) is 7.55. The van der Waals surface area contributed by atoms with Crippen LogP contribution < -0.4 is 10.6 Å². The van der Waals surface area contributed by atoms with Crippen LogP contribution in [0.1, 0.15) is 12.8 Å². The van der Waals surface area contributed by atoms with Crippen LogP contribution >= 0.6 is 0 Å². The first kappa shape index (κ1) is 20.0. The van der Waals surface area contributed by atoms with Crippen LogP contribution in [0.3, 0.4) is 0 Å². The van der Waals surface area contributed by atoms with Gasteiger partial charge < -0.3 is 15.4 Å². The predicted octanol–water partition coefficient (Wildman–Crippen LogP) is 0.359. The molecular formula is C12H23F3N4O3S. The zero-order chi connectivity index (χ0) is 17.5. The maximum atomic E-state index is 12.5. The van der Waals surface area contributed by atoms with Crippen molar-refractivity contribution >= 4 is 16.0 Å². The van der Waals surface area contributed by atoms with Crippen LogP contribution in [0.5, 0.6) is 0 Å². The van der Waals surface area contributed by atoms with E-state index in [-0.39, 0.29) is 19.0 Å². The maximum Gasteiger partial charge on any atom is 0.511 e. The Morgan fingerprint density at radius 3 is 2.39 bits per heavy atom. The van der Waals surface area contributed by atoms with Gasteiger partial charge in [0.2, 0.25) is 0 Å². The molecular weight excluding hydrogens is 337 g/mol. The van der Waals surface area contributed by atoms with Gasteiger partial charge in [-0.3, -0.25) is 4.99 Å². The number of hydrogen-bond acceptors (Lipinski definition) is 4. The van der Waals surface area contributed by atoms with E-state index < -0.39 is 15.5 Å². The fourth-order valence-corrected chi connectivity index (χ4v) is 3.22. The number of piperidine rings is 1. The van der Waals surface area contributed by atoms with Gasteiger partial charge in [0.15, 0.2) is 5.96 Å². The fourth-order valence-electron chi connectivity index (χ4n) is 2.23. The summed E-state index contributed by atoms with van der Waals surface area (Å²) >= 11 is 0. The summed E-state index contributed by atoms with van der Waals surface area (Å²) in [6.07, 6.45) is 0.745. The molecule has 0 saturated carbocycles. The van der Waals surface area contributed by atoms with Crippen molar-refractivity contribution < 1.29 is 26.3 Å². The molecule has 1 saturated heterocycles. The van der Waals surface area contributed by atoms with E-state index in [9.17, 15) is 21.6 Å². The van der Waals surface area contributed by atoms with Crippen LogP contribution in [0.2, 0.25) is 0 Å². The summed E-state index contributed by atoms with van der Waals surface area (Å²) < 4.78 is 65.5. The Morgan fingerprint density at radius 1 is 1.30 bits per heavy atom. The standard InChI is InChI=1S/C12H23F3N4O3S/c1-16-11(17-5-8-22-2)18-9-10-3-6-19(7-4-10)23(20,21)12(13,14)15/h10H,3-9H2,1-2H3,(H2,16,17,18). The molecule has 0 bridgehead atoms. The van der Waals surface area contributed by atoms with Crippen molar-refractivity contribution in [2.24, 2.45) is 10.9 Å². The molecule has 0 aromatic carbocycles. The first-order chi connectivity index (χ1) is 10.7. The van der Waals surface area contributed by atoms with E-state index in [4.69, 9.17) is 4.74 Å². The number of sulfonamides is 1. The van der Waals surface area contributed by atoms with Crippen LogP contribution in [0, 0.1) is 5.92 Å². The molecule has 136 valence electrons. The highest BCUT2D eigenvalue weighted by molar-refractivity contribution is 7.90. The van der Waals surface area contributed by atoms with Crippen molar-refractivity contribution in [2.75, 3.05) is 46.9 Å². The number of aliphatic imine (C=N–C) groups is 1. The predicted molar refractivity (Wildman–Crippen MR) is 80.5 cm³/mol. The molecule has 0 aromatic heterocycles. The lowest BCUT2D eigenvalue weighted by Gasteiger charge is -2.31. The van der Waals surface area contributed by atoms with Gasteiger partial charge in [0, 0.05) is 40.3 Å². The SMILES string of the molecule is CN=C(NCCOC)NCC1CCN(S(=O)(=O)C(F)(F)F)CC1. The molecule has 0 spiro atoms. The summed E-state index contributed by atoms with van der Waals surface area (Å²) in [6, 6.07) is 0. The van der Waals surface area contributed by atoms with E-state index in [0.717, 1.165) is 0 Å².